The zero-order chi connectivity index (χ0) is 13.0. The first-order chi connectivity index (χ1) is 8.70. The van der Waals surface area contributed by atoms with Crippen molar-refractivity contribution in [1.82, 2.24) is 5.32 Å². The summed E-state index contributed by atoms with van der Waals surface area (Å²) < 4.78 is 5.09. The summed E-state index contributed by atoms with van der Waals surface area (Å²) in [7, 11) is 1.54. The van der Waals surface area contributed by atoms with Gasteiger partial charge in [-0.2, -0.15) is 0 Å². The highest BCUT2D eigenvalue weighted by Crippen LogP contribution is 2.24. The number of hydrogen-bond acceptors (Lipinski definition) is 4. The lowest BCUT2D eigenvalue weighted by atomic mass is 10.2. The van der Waals surface area contributed by atoms with Crippen LogP contribution in [0.1, 0.15) is 15.2 Å². The van der Waals surface area contributed by atoms with E-state index in [9.17, 15) is 4.79 Å². The summed E-state index contributed by atoms with van der Waals surface area (Å²) in [6, 6.07) is 8.48. The molecule has 0 saturated carbocycles. The Balaban J connectivity index is 1.98. The molecule has 0 fully saturated rings. The van der Waals surface area contributed by atoms with E-state index in [1.54, 1.807) is 37.4 Å². The predicted molar refractivity (Wildman–Crippen MR) is 70.1 cm³/mol. The van der Waals surface area contributed by atoms with Crippen molar-refractivity contribution in [2.24, 2.45) is 0 Å². The van der Waals surface area contributed by atoms with E-state index in [0.29, 0.717) is 17.2 Å². The van der Waals surface area contributed by atoms with Gasteiger partial charge in [-0.1, -0.05) is 12.1 Å². The Kier molecular flexibility index (Phi) is 3.84. The van der Waals surface area contributed by atoms with Crippen molar-refractivity contribution in [3.05, 3.63) is 46.2 Å². The number of ether oxygens (including phenoxy) is 1. The number of benzene rings is 1. The molecular formula is C13H13NO3S. The van der Waals surface area contributed by atoms with Crippen LogP contribution in [-0.2, 0) is 6.54 Å². The first kappa shape index (κ1) is 12.4. The van der Waals surface area contributed by atoms with Crippen molar-refractivity contribution in [2.75, 3.05) is 7.11 Å². The molecule has 4 nitrogen and oxygen atoms in total. The molecule has 0 atom stereocenters. The van der Waals surface area contributed by atoms with Gasteiger partial charge in [0, 0.05) is 6.54 Å². The van der Waals surface area contributed by atoms with Gasteiger partial charge in [-0.25, -0.2) is 0 Å². The number of phenolic OH excluding ortho intramolecular Hbond substituents is 1. The molecule has 0 unspecified atom stereocenters. The van der Waals surface area contributed by atoms with E-state index in [1.807, 2.05) is 5.38 Å². The molecule has 18 heavy (non-hydrogen) atoms. The van der Waals surface area contributed by atoms with Gasteiger partial charge < -0.3 is 15.2 Å². The lowest BCUT2D eigenvalue weighted by Gasteiger charge is -2.05. The van der Waals surface area contributed by atoms with Crippen LogP contribution in [0.4, 0.5) is 0 Å². The number of phenols is 1. The summed E-state index contributed by atoms with van der Waals surface area (Å²) in [5.41, 5.74) is 0.927. The van der Waals surface area contributed by atoms with Crippen molar-refractivity contribution < 1.29 is 14.6 Å². The third-order valence-electron chi connectivity index (χ3n) is 2.44. The Morgan fingerprint density at radius 3 is 2.72 bits per heavy atom. The van der Waals surface area contributed by atoms with E-state index in [4.69, 9.17) is 9.84 Å². The topological polar surface area (TPSA) is 58.6 Å². The third kappa shape index (κ3) is 2.81. The fraction of sp³-hybridized carbons (Fsp3) is 0.154. The molecule has 2 N–H and O–H groups in total. The van der Waals surface area contributed by atoms with Crippen LogP contribution in [0.25, 0.3) is 0 Å². The molecule has 0 spiro atoms. The molecule has 0 aliphatic carbocycles. The maximum absolute atomic E-state index is 11.9. The number of amides is 1. The van der Waals surface area contributed by atoms with Gasteiger partial charge >= 0.3 is 0 Å². The van der Waals surface area contributed by atoms with Crippen LogP contribution in [-0.4, -0.2) is 18.1 Å². The second-order valence-corrected chi connectivity index (χ2v) is 4.58. The van der Waals surface area contributed by atoms with Crippen molar-refractivity contribution in [3.8, 4) is 11.5 Å². The van der Waals surface area contributed by atoms with Crippen LogP contribution in [0.2, 0.25) is 0 Å². The van der Waals surface area contributed by atoms with Crippen molar-refractivity contribution in [2.45, 2.75) is 6.54 Å². The number of hydrogen-bond donors (Lipinski definition) is 2. The van der Waals surface area contributed by atoms with Crippen LogP contribution in [0, 0.1) is 0 Å². The molecule has 0 radical (unpaired) electrons. The van der Waals surface area contributed by atoms with Crippen molar-refractivity contribution >= 4 is 17.2 Å². The minimum atomic E-state index is -0.157. The van der Waals surface area contributed by atoms with E-state index >= 15 is 0 Å². The molecule has 5 heteroatoms. The van der Waals surface area contributed by atoms with Crippen LogP contribution < -0.4 is 10.1 Å². The first-order valence-corrected chi connectivity index (χ1v) is 6.26. The highest BCUT2D eigenvalue weighted by atomic mass is 32.1. The Hall–Kier alpha value is -2.01. The summed E-state index contributed by atoms with van der Waals surface area (Å²) in [4.78, 5) is 12.5. The molecule has 2 rings (SSSR count). The second-order valence-electron chi connectivity index (χ2n) is 3.67. The van der Waals surface area contributed by atoms with E-state index in [0.717, 1.165) is 5.56 Å². The molecule has 0 saturated heterocycles. The number of carbonyl (C=O) groups is 1. The fourth-order valence-electron chi connectivity index (χ4n) is 1.50. The Morgan fingerprint density at radius 1 is 1.33 bits per heavy atom. The maximum atomic E-state index is 11.9. The number of carbonyl (C=O) groups excluding carboxylic acids is 1. The molecule has 0 aliphatic rings. The van der Waals surface area contributed by atoms with E-state index in [2.05, 4.69) is 5.32 Å². The normalized spacial score (nSPS) is 10.1. The smallest absolute Gasteiger partial charge is 0.265 e. The lowest BCUT2D eigenvalue weighted by molar-refractivity contribution is 0.0952. The monoisotopic (exact) mass is 263 g/mol. The largest absolute Gasteiger partial charge is 0.508 e. The second kappa shape index (κ2) is 5.55. The average Bonchev–Trinajstić information content (AvgIpc) is 2.86. The van der Waals surface area contributed by atoms with Crippen LogP contribution in [0.3, 0.4) is 0 Å². The molecule has 1 heterocycles. The zero-order valence-corrected chi connectivity index (χ0v) is 10.7. The van der Waals surface area contributed by atoms with E-state index < -0.39 is 0 Å². The molecule has 2 aromatic rings. The van der Waals surface area contributed by atoms with Gasteiger partial charge in [0.05, 0.1) is 7.11 Å². The number of aromatic hydroxyl groups is 1. The lowest BCUT2D eigenvalue weighted by Crippen LogP contribution is -2.22. The summed E-state index contributed by atoms with van der Waals surface area (Å²) >= 11 is 1.34. The summed E-state index contributed by atoms with van der Waals surface area (Å²) in [5.74, 6) is 0.642. The third-order valence-corrected chi connectivity index (χ3v) is 3.34. The van der Waals surface area contributed by atoms with E-state index in [-0.39, 0.29) is 11.7 Å². The molecule has 94 valence electrons. The van der Waals surface area contributed by atoms with Crippen LogP contribution >= 0.6 is 11.3 Å². The van der Waals surface area contributed by atoms with Gasteiger partial charge in [-0.3, -0.25) is 4.79 Å². The summed E-state index contributed by atoms with van der Waals surface area (Å²) in [6.45, 7) is 0.417. The highest BCUT2D eigenvalue weighted by molar-refractivity contribution is 7.12. The zero-order valence-electron chi connectivity index (χ0n) is 9.84. The van der Waals surface area contributed by atoms with E-state index in [1.165, 1.54) is 11.3 Å². The van der Waals surface area contributed by atoms with Gasteiger partial charge in [0.1, 0.15) is 16.4 Å². The summed E-state index contributed by atoms with van der Waals surface area (Å²) in [5, 5.41) is 13.8. The fourth-order valence-corrected chi connectivity index (χ4v) is 2.27. The van der Waals surface area contributed by atoms with Crippen molar-refractivity contribution in [1.29, 1.82) is 0 Å². The number of rotatable bonds is 4. The van der Waals surface area contributed by atoms with Crippen molar-refractivity contribution in [3.63, 3.8) is 0 Å². The molecule has 0 bridgehead atoms. The Labute approximate surface area is 109 Å². The molecule has 1 aromatic heterocycles. The number of thiophene rings is 1. The minimum absolute atomic E-state index is 0.157. The Morgan fingerprint density at radius 2 is 2.06 bits per heavy atom. The quantitative estimate of drug-likeness (QED) is 0.890. The van der Waals surface area contributed by atoms with Gasteiger partial charge in [0.2, 0.25) is 0 Å². The first-order valence-electron chi connectivity index (χ1n) is 5.38. The molecule has 0 aliphatic heterocycles. The number of methoxy groups -OCH3 is 1. The van der Waals surface area contributed by atoms with Crippen LogP contribution in [0.5, 0.6) is 11.5 Å². The van der Waals surface area contributed by atoms with Gasteiger partial charge in [0.15, 0.2) is 0 Å². The van der Waals surface area contributed by atoms with Crippen LogP contribution in [0.15, 0.2) is 35.7 Å². The highest BCUT2D eigenvalue weighted by Gasteiger charge is 2.13. The average molecular weight is 263 g/mol. The molecule has 1 aromatic carbocycles. The van der Waals surface area contributed by atoms with Gasteiger partial charge in [-0.05, 0) is 29.1 Å². The van der Waals surface area contributed by atoms with Gasteiger partial charge in [0.25, 0.3) is 5.91 Å². The summed E-state index contributed by atoms with van der Waals surface area (Å²) in [6.07, 6.45) is 0. The minimum Gasteiger partial charge on any atom is -0.508 e. The SMILES string of the molecule is COc1ccsc1C(=O)NCc1ccc(O)cc1. The standard InChI is InChI=1S/C13H13NO3S/c1-17-11-6-7-18-12(11)13(16)14-8-9-2-4-10(15)5-3-9/h2-7,15H,8H2,1H3,(H,14,16). The maximum Gasteiger partial charge on any atom is 0.265 e. The predicted octanol–water partition coefficient (Wildman–Crippen LogP) is 2.39. The molecule has 1 amide bonds. The Bertz CT molecular complexity index is 533. The number of nitrogens with one attached hydrogen (secondary N) is 1. The molecular weight excluding hydrogens is 250 g/mol. The van der Waals surface area contributed by atoms with Gasteiger partial charge in [-0.15, -0.1) is 11.3 Å².